The highest BCUT2D eigenvalue weighted by atomic mass is 35.5. The zero-order valence-corrected chi connectivity index (χ0v) is 7.76. The molecule has 0 aromatic carbocycles. The van der Waals surface area contributed by atoms with Crippen LogP contribution in [0.2, 0.25) is 0 Å². The maximum atomic E-state index is 5.32. The van der Waals surface area contributed by atoms with E-state index < -0.39 is 0 Å². The predicted molar refractivity (Wildman–Crippen MR) is 51.1 cm³/mol. The van der Waals surface area contributed by atoms with Crippen LogP contribution in [0, 0.1) is 6.92 Å². The van der Waals surface area contributed by atoms with Crippen molar-refractivity contribution in [1.82, 2.24) is 9.97 Å². The number of hydrogen-bond donors (Lipinski definition) is 2. The standard InChI is InChI=1S/C6H9N3S.ClH/c1-4-8-3-5(9-4)2-6(7)10;/h3H,2H2,1H3,(H2,7,10)(H,8,9);1H. The molecule has 3 nitrogen and oxygen atoms in total. The van der Waals surface area contributed by atoms with Crippen molar-refractivity contribution >= 4 is 29.6 Å². The van der Waals surface area contributed by atoms with E-state index in [0.29, 0.717) is 11.4 Å². The molecular formula is C6H10ClN3S. The summed E-state index contributed by atoms with van der Waals surface area (Å²) in [5, 5.41) is 0. The smallest absolute Gasteiger partial charge is 0.103 e. The molecule has 0 bridgehead atoms. The molecule has 0 fully saturated rings. The monoisotopic (exact) mass is 191 g/mol. The van der Waals surface area contributed by atoms with Crippen LogP contribution in [0.1, 0.15) is 11.5 Å². The van der Waals surface area contributed by atoms with Gasteiger partial charge in [-0.1, -0.05) is 12.2 Å². The van der Waals surface area contributed by atoms with Crippen LogP contribution >= 0.6 is 24.6 Å². The zero-order chi connectivity index (χ0) is 7.56. The highest BCUT2D eigenvalue weighted by Gasteiger charge is 1.96. The second kappa shape index (κ2) is 4.31. The van der Waals surface area contributed by atoms with Crippen molar-refractivity contribution in [2.75, 3.05) is 0 Å². The zero-order valence-electron chi connectivity index (χ0n) is 6.13. The van der Waals surface area contributed by atoms with Gasteiger partial charge in [0.1, 0.15) is 5.82 Å². The number of aromatic amines is 1. The van der Waals surface area contributed by atoms with Crippen LogP contribution < -0.4 is 5.73 Å². The van der Waals surface area contributed by atoms with Gasteiger partial charge in [-0.15, -0.1) is 12.4 Å². The van der Waals surface area contributed by atoms with E-state index in [1.165, 1.54) is 0 Å². The summed E-state index contributed by atoms with van der Waals surface area (Å²) in [4.78, 5) is 7.52. The maximum Gasteiger partial charge on any atom is 0.103 e. The first-order valence-corrected chi connectivity index (χ1v) is 3.38. The average molecular weight is 192 g/mol. The lowest BCUT2D eigenvalue weighted by molar-refractivity contribution is 1.11. The van der Waals surface area contributed by atoms with Gasteiger partial charge in [-0.25, -0.2) is 4.98 Å². The summed E-state index contributed by atoms with van der Waals surface area (Å²) in [6.07, 6.45) is 2.35. The number of aryl methyl sites for hydroxylation is 1. The molecule has 0 amide bonds. The fraction of sp³-hybridized carbons (Fsp3) is 0.333. The van der Waals surface area contributed by atoms with Gasteiger partial charge in [0.25, 0.3) is 0 Å². The van der Waals surface area contributed by atoms with E-state index in [-0.39, 0.29) is 12.4 Å². The van der Waals surface area contributed by atoms with E-state index >= 15 is 0 Å². The van der Waals surface area contributed by atoms with Crippen molar-refractivity contribution in [3.8, 4) is 0 Å². The van der Waals surface area contributed by atoms with Crippen LogP contribution in [0.3, 0.4) is 0 Å². The molecule has 1 aromatic heterocycles. The number of rotatable bonds is 2. The first kappa shape index (κ1) is 10.4. The summed E-state index contributed by atoms with van der Waals surface area (Å²) in [7, 11) is 0. The Morgan fingerprint density at radius 3 is 2.82 bits per heavy atom. The van der Waals surface area contributed by atoms with E-state index in [0.717, 1.165) is 11.5 Å². The summed E-state index contributed by atoms with van der Waals surface area (Å²) in [5.74, 6) is 0.895. The molecule has 0 aliphatic carbocycles. The summed E-state index contributed by atoms with van der Waals surface area (Å²) in [6, 6.07) is 0. The second-order valence-electron chi connectivity index (χ2n) is 2.14. The minimum atomic E-state index is 0. The Hall–Kier alpha value is -0.610. The number of H-pyrrole nitrogens is 1. The number of nitrogens with zero attached hydrogens (tertiary/aromatic N) is 1. The molecule has 0 spiro atoms. The molecule has 5 heteroatoms. The van der Waals surface area contributed by atoms with Gasteiger partial charge in [0, 0.05) is 18.3 Å². The molecule has 0 aliphatic rings. The minimum absolute atomic E-state index is 0. The number of imidazole rings is 1. The van der Waals surface area contributed by atoms with Gasteiger partial charge in [-0.3, -0.25) is 0 Å². The SMILES string of the molecule is Cc1ncc(CC(N)=S)[nH]1.Cl. The quantitative estimate of drug-likeness (QED) is 0.685. The van der Waals surface area contributed by atoms with Crippen molar-refractivity contribution in [3.05, 3.63) is 17.7 Å². The van der Waals surface area contributed by atoms with Gasteiger partial charge >= 0.3 is 0 Å². The van der Waals surface area contributed by atoms with Gasteiger partial charge in [0.05, 0.1) is 4.99 Å². The van der Waals surface area contributed by atoms with Crippen LogP contribution in [0.5, 0.6) is 0 Å². The fourth-order valence-electron chi connectivity index (χ4n) is 0.749. The van der Waals surface area contributed by atoms with Crippen LogP contribution in [0.4, 0.5) is 0 Å². The topological polar surface area (TPSA) is 54.7 Å². The number of nitrogens with one attached hydrogen (secondary N) is 1. The molecule has 62 valence electrons. The van der Waals surface area contributed by atoms with E-state index in [9.17, 15) is 0 Å². The summed E-state index contributed by atoms with van der Waals surface area (Å²) in [6.45, 7) is 1.89. The highest BCUT2D eigenvalue weighted by molar-refractivity contribution is 7.80. The molecule has 1 rings (SSSR count). The van der Waals surface area contributed by atoms with Gasteiger partial charge in [0.15, 0.2) is 0 Å². The summed E-state index contributed by atoms with van der Waals surface area (Å²) >= 11 is 4.72. The molecule has 3 N–H and O–H groups in total. The largest absolute Gasteiger partial charge is 0.393 e. The summed E-state index contributed by atoms with van der Waals surface area (Å²) in [5.41, 5.74) is 6.29. The van der Waals surface area contributed by atoms with Crippen molar-refractivity contribution in [1.29, 1.82) is 0 Å². The maximum absolute atomic E-state index is 5.32. The van der Waals surface area contributed by atoms with E-state index in [1.807, 2.05) is 6.92 Å². The Balaban J connectivity index is 0.000001000. The Morgan fingerprint density at radius 2 is 2.45 bits per heavy atom. The molecule has 0 unspecified atom stereocenters. The Bertz CT molecular complexity index is 246. The lowest BCUT2D eigenvalue weighted by Crippen LogP contribution is -2.11. The third-order valence-corrected chi connectivity index (χ3v) is 1.26. The molecule has 11 heavy (non-hydrogen) atoms. The lowest BCUT2D eigenvalue weighted by atomic mass is 10.3. The van der Waals surface area contributed by atoms with Gasteiger partial charge in [-0.2, -0.15) is 0 Å². The van der Waals surface area contributed by atoms with Crippen LogP contribution in [-0.4, -0.2) is 15.0 Å². The first-order chi connectivity index (χ1) is 4.68. The van der Waals surface area contributed by atoms with E-state index in [4.69, 9.17) is 18.0 Å². The highest BCUT2D eigenvalue weighted by Crippen LogP contribution is 1.95. The molecule has 0 atom stereocenters. The van der Waals surface area contributed by atoms with Gasteiger partial charge in [0.2, 0.25) is 0 Å². The predicted octanol–water partition coefficient (Wildman–Crippen LogP) is 0.969. The number of aromatic nitrogens is 2. The third kappa shape index (κ3) is 3.34. The van der Waals surface area contributed by atoms with Crippen molar-refractivity contribution < 1.29 is 0 Å². The number of hydrogen-bond acceptors (Lipinski definition) is 2. The van der Waals surface area contributed by atoms with E-state index in [1.54, 1.807) is 6.20 Å². The number of nitrogens with two attached hydrogens (primary N) is 1. The fourth-order valence-corrected chi connectivity index (χ4v) is 0.905. The van der Waals surface area contributed by atoms with E-state index in [2.05, 4.69) is 9.97 Å². The van der Waals surface area contributed by atoms with Crippen LogP contribution in [-0.2, 0) is 6.42 Å². The molecule has 1 heterocycles. The molecular weight excluding hydrogens is 182 g/mol. The number of halogens is 1. The van der Waals surface area contributed by atoms with Crippen molar-refractivity contribution in [3.63, 3.8) is 0 Å². The molecule has 0 saturated heterocycles. The Kier molecular flexibility index (Phi) is 4.07. The Morgan fingerprint density at radius 1 is 1.82 bits per heavy atom. The first-order valence-electron chi connectivity index (χ1n) is 2.97. The van der Waals surface area contributed by atoms with Gasteiger partial charge < -0.3 is 10.7 Å². The molecule has 1 aromatic rings. The molecule has 0 radical (unpaired) electrons. The summed E-state index contributed by atoms with van der Waals surface area (Å²) < 4.78 is 0. The minimum Gasteiger partial charge on any atom is -0.393 e. The molecule has 0 aliphatic heterocycles. The third-order valence-electron chi connectivity index (χ3n) is 1.12. The second-order valence-corrected chi connectivity index (χ2v) is 2.66. The Labute approximate surface area is 76.8 Å². The van der Waals surface area contributed by atoms with Crippen LogP contribution in [0.25, 0.3) is 0 Å². The lowest BCUT2D eigenvalue weighted by Gasteiger charge is -1.90. The average Bonchev–Trinajstić information content (AvgIpc) is 2.13. The normalized spacial score (nSPS) is 8.82. The molecule has 0 saturated carbocycles. The van der Waals surface area contributed by atoms with Gasteiger partial charge in [-0.05, 0) is 6.92 Å². The number of thiocarbonyl (C=S) groups is 1. The van der Waals surface area contributed by atoms with Crippen molar-refractivity contribution in [2.45, 2.75) is 13.3 Å². The van der Waals surface area contributed by atoms with Crippen LogP contribution in [0.15, 0.2) is 6.20 Å². The van der Waals surface area contributed by atoms with Crippen molar-refractivity contribution in [2.24, 2.45) is 5.73 Å².